The second-order valence-corrected chi connectivity index (χ2v) is 6.11. The molecule has 1 aromatic carbocycles. The number of aryl methyl sites for hydroxylation is 2. The third-order valence-corrected chi connectivity index (χ3v) is 4.69. The molecule has 0 radical (unpaired) electrons. The quantitative estimate of drug-likeness (QED) is 0.799. The molecule has 0 saturated carbocycles. The molecule has 0 spiro atoms. The smallest absolute Gasteiger partial charge is 0.283 e. The molecule has 0 unspecified atom stereocenters. The summed E-state index contributed by atoms with van der Waals surface area (Å²) in [6.07, 6.45) is 0.936. The SMILES string of the molecule is Cc1nc(C(=O)N2CCc3ccccc3C2)sc1C. The van der Waals surface area contributed by atoms with Crippen LogP contribution in [0.1, 0.15) is 31.5 Å². The van der Waals surface area contributed by atoms with E-state index < -0.39 is 0 Å². The lowest BCUT2D eigenvalue weighted by atomic mass is 10.00. The van der Waals surface area contributed by atoms with Crippen LogP contribution in [0.5, 0.6) is 0 Å². The zero-order valence-electron chi connectivity index (χ0n) is 11.1. The summed E-state index contributed by atoms with van der Waals surface area (Å²) < 4.78 is 0. The summed E-state index contributed by atoms with van der Waals surface area (Å²) in [5.41, 5.74) is 3.58. The summed E-state index contributed by atoms with van der Waals surface area (Å²) >= 11 is 1.50. The fraction of sp³-hybridized carbons (Fsp3) is 0.333. The molecule has 0 bridgehead atoms. The third-order valence-electron chi connectivity index (χ3n) is 3.63. The van der Waals surface area contributed by atoms with Crippen LogP contribution in [0.3, 0.4) is 0 Å². The summed E-state index contributed by atoms with van der Waals surface area (Å²) in [7, 11) is 0. The number of nitrogens with zero attached hydrogens (tertiary/aromatic N) is 2. The fourth-order valence-corrected chi connectivity index (χ4v) is 3.25. The monoisotopic (exact) mass is 272 g/mol. The molecule has 0 fully saturated rings. The lowest BCUT2D eigenvalue weighted by molar-refractivity contribution is 0.0734. The molecule has 1 aliphatic heterocycles. The van der Waals surface area contributed by atoms with E-state index in [2.05, 4.69) is 23.2 Å². The molecule has 0 atom stereocenters. The highest BCUT2D eigenvalue weighted by Crippen LogP contribution is 2.23. The highest BCUT2D eigenvalue weighted by atomic mass is 32.1. The van der Waals surface area contributed by atoms with Crippen LogP contribution in [0.15, 0.2) is 24.3 Å². The van der Waals surface area contributed by atoms with Crippen LogP contribution in [-0.2, 0) is 13.0 Å². The Bertz CT molecular complexity index is 613. The number of benzene rings is 1. The lowest BCUT2D eigenvalue weighted by Gasteiger charge is -2.28. The van der Waals surface area contributed by atoms with Crippen molar-refractivity contribution in [3.05, 3.63) is 51.0 Å². The Morgan fingerprint density at radius 2 is 2.00 bits per heavy atom. The minimum atomic E-state index is 0.0655. The van der Waals surface area contributed by atoms with Crippen molar-refractivity contribution in [2.24, 2.45) is 0 Å². The number of carbonyl (C=O) groups is 1. The standard InChI is InChI=1S/C15H16N2OS/c1-10-11(2)19-14(16-10)15(18)17-8-7-12-5-3-4-6-13(12)9-17/h3-6H,7-9H2,1-2H3. The normalized spacial score (nSPS) is 14.3. The largest absolute Gasteiger partial charge is 0.332 e. The Balaban J connectivity index is 1.83. The van der Waals surface area contributed by atoms with E-state index in [-0.39, 0.29) is 5.91 Å². The van der Waals surface area contributed by atoms with Crippen LogP contribution in [0.25, 0.3) is 0 Å². The maximum absolute atomic E-state index is 12.4. The molecular weight excluding hydrogens is 256 g/mol. The predicted molar refractivity (Wildman–Crippen MR) is 76.5 cm³/mol. The summed E-state index contributed by atoms with van der Waals surface area (Å²) in [6, 6.07) is 8.34. The Hall–Kier alpha value is -1.68. The second kappa shape index (κ2) is 4.78. The van der Waals surface area contributed by atoms with Crippen molar-refractivity contribution in [2.45, 2.75) is 26.8 Å². The van der Waals surface area contributed by atoms with Gasteiger partial charge in [-0.05, 0) is 31.4 Å². The minimum absolute atomic E-state index is 0.0655. The van der Waals surface area contributed by atoms with Crippen LogP contribution in [0.2, 0.25) is 0 Å². The number of hydrogen-bond acceptors (Lipinski definition) is 3. The van der Waals surface area contributed by atoms with E-state index in [1.165, 1.54) is 22.5 Å². The molecule has 1 aromatic heterocycles. The van der Waals surface area contributed by atoms with Gasteiger partial charge in [0.25, 0.3) is 5.91 Å². The summed E-state index contributed by atoms with van der Waals surface area (Å²) in [4.78, 5) is 19.8. The first-order valence-electron chi connectivity index (χ1n) is 6.45. The van der Waals surface area contributed by atoms with Gasteiger partial charge in [-0.25, -0.2) is 4.98 Å². The highest BCUT2D eigenvalue weighted by molar-refractivity contribution is 7.13. The van der Waals surface area contributed by atoms with Gasteiger partial charge in [-0.2, -0.15) is 0 Å². The number of hydrogen-bond donors (Lipinski definition) is 0. The van der Waals surface area contributed by atoms with Gasteiger partial charge < -0.3 is 4.90 Å². The molecule has 19 heavy (non-hydrogen) atoms. The van der Waals surface area contributed by atoms with Gasteiger partial charge in [0.15, 0.2) is 5.01 Å². The molecule has 4 heteroatoms. The number of rotatable bonds is 1. The van der Waals surface area contributed by atoms with E-state index in [9.17, 15) is 4.79 Å². The van der Waals surface area contributed by atoms with Gasteiger partial charge >= 0.3 is 0 Å². The predicted octanol–water partition coefficient (Wildman–Crippen LogP) is 2.96. The zero-order valence-corrected chi connectivity index (χ0v) is 12.0. The van der Waals surface area contributed by atoms with Crippen LogP contribution in [-0.4, -0.2) is 22.3 Å². The molecule has 0 N–H and O–H groups in total. The van der Waals surface area contributed by atoms with E-state index in [0.717, 1.165) is 23.5 Å². The minimum Gasteiger partial charge on any atom is -0.332 e. The van der Waals surface area contributed by atoms with E-state index >= 15 is 0 Å². The van der Waals surface area contributed by atoms with Gasteiger partial charge in [0.1, 0.15) is 0 Å². The maximum atomic E-state index is 12.4. The molecule has 2 aromatic rings. The average molecular weight is 272 g/mol. The van der Waals surface area contributed by atoms with Crippen molar-refractivity contribution in [3.63, 3.8) is 0 Å². The Morgan fingerprint density at radius 3 is 2.68 bits per heavy atom. The maximum Gasteiger partial charge on any atom is 0.283 e. The van der Waals surface area contributed by atoms with Gasteiger partial charge in [-0.1, -0.05) is 24.3 Å². The van der Waals surface area contributed by atoms with E-state index in [0.29, 0.717) is 11.6 Å². The van der Waals surface area contributed by atoms with Gasteiger partial charge in [0.2, 0.25) is 0 Å². The van der Waals surface area contributed by atoms with Crippen LogP contribution in [0, 0.1) is 13.8 Å². The summed E-state index contributed by atoms with van der Waals surface area (Å²) in [5, 5.41) is 0.620. The van der Waals surface area contributed by atoms with E-state index in [1.54, 1.807) is 0 Å². The number of thiazole rings is 1. The molecule has 98 valence electrons. The van der Waals surface area contributed by atoms with Crippen molar-refractivity contribution in [1.29, 1.82) is 0 Å². The van der Waals surface area contributed by atoms with Gasteiger partial charge in [-0.15, -0.1) is 11.3 Å². The molecular formula is C15H16N2OS. The Kier molecular flexibility index (Phi) is 3.11. The molecule has 2 heterocycles. The van der Waals surface area contributed by atoms with E-state index in [1.807, 2.05) is 24.8 Å². The number of fused-ring (bicyclic) bond motifs is 1. The first-order chi connectivity index (χ1) is 9.15. The topological polar surface area (TPSA) is 33.2 Å². The lowest BCUT2D eigenvalue weighted by Crippen LogP contribution is -2.35. The van der Waals surface area contributed by atoms with Crippen molar-refractivity contribution < 1.29 is 4.79 Å². The van der Waals surface area contributed by atoms with Crippen LogP contribution >= 0.6 is 11.3 Å². The van der Waals surface area contributed by atoms with Crippen molar-refractivity contribution in [2.75, 3.05) is 6.54 Å². The highest BCUT2D eigenvalue weighted by Gasteiger charge is 2.23. The first-order valence-corrected chi connectivity index (χ1v) is 7.27. The summed E-state index contributed by atoms with van der Waals surface area (Å²) in [5.74, 6) is 0.0655. The number of carbonyl (C=O) groups excluding carboxylic acids is 1. The van der Waals surface area contributed by atoms with Gasteiger partial charge in [0, 0.05) is 18.0 Å². The molecule has 0 saturated heterocycles. The zero-order chi connectivity index (χ0) is 13.4. The number of amides is 1. The van der Waals surface area contributed by atoms with Crippen LogP contribution < -0.4 is 0 Å². The van der Waals surface area contributed by atoms with Crippen molar-refractivity contribution in [3.8, 4) is 0 Å². The molecule has 1 amide bonds. The Labute approximate surface area is 116 Å². The fourth-order valence-electron chi connectivity index (χ4n) is 2.37. The Morgan fingerprint density at radius 1 is 1.26 bits per heavy atom. The molecule has 3 nitrogen and oxygen atoms in total. The summed E-state index contributed by atoms with van der Waals surface area (Å²) in [6.45, 7) is 5.45. The molecule has 1 aliphatic rings. The number of aromatic nitrogens is 1. The third kappa shape index (κ3) is 2.28. The first kappa shape index (κ1) is 12.4. The molecule has 0 aliphatic carbocycles. The van der Waals surface area contributed by atoms with Crippen molar-refractivity contribution >= 4 is 17.2 Å². The second-order valence-electron chi connectivity index (χ2n) is 4.91. The van der Waals surface area contributed by atoms with Gasteiger partial charge in [-0.3, -0.25) is 4.79 Å². The average Bonchev–Trinajstić information content (AvgIpc) is 2.77. The van der Waals surface area contributed by atoms with E-state index in [4.69, 9.17) is 0 Å². The van der Waals surface area contributed by atoms with Crippen molar-refractivity contribution in [1.82, 2.24) is 9.88 Å². The van der Waals surface area contributed by atoms with Crippen LogP contribution in [0.4, 0.5) is 0 Å². The van der Waals surface area contributed by atoms with Gasteiger partial charge in [0.05, 0.1) is 5.69 Å². The molecule has 3 rings (SSSR count).